The van der Waals surface area contributed by atoms with E-state index in [0.29, 0.717) is 16.6 Å². The maximum atomic E-state index is 13.9. The third kappa shape index (κ3) is 2.73. The van der Waals surface area contributed by atoms with Crippen LogP contribution in [0, 0.1) is 18.7 Å². The summed E-state index contributed by atoms with van der Waals surface area (Å²) in [5.74, 6) is 0.665. The molecule has 20 heavy (non-hydrogen) atoms. The Balaban J connectivity index is 1.89. The van der Waals surface area contributed by atoms with Crippen LogP contribution in [0.2, 0.25) is 0 Å². The summed E-state index contributed by atoms with van der Waals surface area (Å²) in [6.45, 7) is 6.29. The molecular formula is C16H22BrFN2. The predicted octanol–water partition coefficient (Wildman–Crippen LogP) is 3.86. The molecule has 110 valence electrons. The lowest BCUT2D eigenvalue weighted by Crippen LogP contribution is -2.57. The highest BCUT2D eigenvalue weighted by atomic mass is 79.9. The van der Waals surface area contributed by atoms with Crippen LogP contribution in [0.3, 0.4) is 0 Å². The molecule has 2 nitrogen and oxygen atoms in total. The fourth-order valence-corrected chi connectivity index (χ4v) is 3.70. The van der Waals surface area contributed by atoms with E-state index in [-0.39, 0.29) is 5.82 Å². The molecule has 1 aliphatic heterocycles. The van der Waals surface area contributed by atoms with E-state index >= 15 is 0 Å². The van der Waals surface area contributed by atoms with Crippen molar-refractivity contribution in [1.29, 1.82) is 0 Å². The highest BCUT2D eigenvalue weighted by Gasteiger charge is 2.37. The molecule has 1 aromatic carbocycles. The number of piperazine rings is 1. The molecular weight excluding hydrogens is 319 g/mol. The number of rotatable bonds is 3. The summed E-state index contributed by atoms with van der Waals surface area (Å²) in [4.78, 5) is 2.42. The Morgan fingerprint density at radius 2 is 2.15 bits per heavy atom. The molecule has 2 atom stereocenters. The van der Waals surface area contributed by atoms with Gasteiger partial charge in [-0.15, -0.1) is 0 Å². The summed E-state index contributed by atoms with van der Waals surface area (Å²) in [5, 5.41) is 3.68. The van der Waals surface area contributed by atoms with Crippen LogP contribution in [0.5, 0.6) is 0 Å². The van der Waals surface area contributed by atoms with E-state index in [1.807, 2.05) is 6.07 Å². The summed E-state index contributed by atoms with van der Waals surface area (Å²) in [7, 11) is 0. The third-order valence-electron chi connectivity index (χ3n) is 4.66. The van der Waals surface area contributed by atoms with Crippen LogP contribution in [-0.4, -0.2) is 25.2 Å². The summed E-state index contributed by atoms with van der Waals surface area (Å²) >= 11 is 3.28. The van der Waals surface area contributed by atoms with E-state index in [1.165, 1.54) is 12.8 Å². The van der Waals surface area contributed by atoms with Gasteiger partial charge < -0.3 is 10.2 Å². The molecule has 0 spiro atoms. The molecule has 0 aromatic heterocycles. The quantitative estimate of drug-likeness (QED) is 0.898. The van der Waals surface area contributed by atoms with Gasteiger partial charge in [-0.25, -0.2) is 4.39 Å². The van der Waals surface area contributed by atoms with Gasteiger partial charge in [0.2, 0.25) is 0 Å². The fraction of sp³-hybridized carbons (Fsp3) is 0.625. The average molecular weight is 341 g/mol. The van der Waals surface area contributed by atoms with Gasteiger partial charge in [0, 0.05) is 30.9 Å². The van der Waals surface area contributed by atoms with Gasteiger partial charge in [0.05, 0.1) is 4.47 Å². The zero-order chi connectivity index (χ0) is 14.3. The molecule has 1 aromatic rings. The van der Waals surface area contributed by atoms with Gasteiger partial charge in [-0.2, -0.15) is 0 Å². The van der Waals surface area contributed by atoms with E-state index in [0.717, 1.165) is 36.7 Å². The van der Waals surface area contributed by atoms with E-state index in [4.69, 9.17) is 0 Å². The van der Waals surface area contributed by atoms with E-state index < -0.39 is 0 Å². The Labute approximate surface area is 128 Å². The van der Waals surface area contributed by atoms with Crippen LogP contribution in [0.15, 0.2) is 16.6 Å². The first-order valence-electron chi connectivity index (χ1n) is 7.55. The molecule has 1 saturated carbocycles. The maximum absolute atomic E-state index is 13.9. The largest absolute Gasteiger partial charge is 0.365 e. The van der Waals surface area contributed by atoms with Gasteiger partial charge in [-0.3, -0.25) is 0 Å². The van der Waals surface area contributed by atoms with Crippen molar-refractivity contribution in [3.63, 3.8) is 0 Å². The fourth-order valence-electron chi connectivity index (χ4n) is 3.24. The van der Waals surface area contributed by atoms with Crippen molar-refractivity contribution in [1.82, 2.24) is 5.32 Å². The number of halogens is 2. The zero-order valence-corrected chi connectivity index (χ0v) is 13.7. The first-order chi connectivity index (χ1) is 9.60. The molecule has 1 N–H and O–H groups in total. The molecule has 0 radical (unpaired) electrons. The van der Waals surface area contributed by atoms with Crippen LogP contribution < -0.4 is 10.2 Å². The second-order valence-corrected chi connectivity index (χ2v) is 6.97. The molecule has 2 aliphatic rings. The first-order valence-corrected chi connectivity index (χ1v) is 8.35. The molecule has 0 bridgehead atoms. The summed E-state index contributed by atoms with van der Waals surface area (Å²) < 4.78 is 14.5. The molecule has 3 rings (SSSR count). The summed E-state index contributed by atoms with van der Waals surface area (Å²) in [6.07, 6.45) is 3.77. The third-order valence-corrected chi connectivity index (χ3v) is 5.27. The lowest BCUT2D eigenvalue weighted by molar-refractivity contribution is 0.359. The minimum Gasteiger partial charge on any atom is -0.365 e. The average Bonchev–Trinajstić information content (AvgIpc) is 3.27. The van der Waals surface area contributed by atoms with E-state index in [2.05, 4.69) is 40.0 Å². The van der Waals surface area contributed by atoms with Crippen LogP contribution >= 0.6 is 15.9 Å². The number of nitrogens with zero attached hydrogens (tertiary/aromatic N) is 1. The van der Waals surface area contributed by atoms with E-state index in [1.54, 1.807) is 6.07 Å². The Morgan fingerprint density at radius 1 is 1.40 bits per heavy atom. The van der Waals surface area contributed by atoms with Gasteiger partial charge in [0.25, 0.3) is 0 Å². The van der Waals surface area contributed by atoms with Crippen molar-refractivity contribution >= 4 is 21.6 Å². The lowest BCUT2D eigenvalue weighted by Gasteiger charge is -2.42. The number of anilines is 1. The lowest BCUT2D eigenvalue weighted by atomic mass is 10.0. The van der Waals surface area contributed by atoms with Gasteiger partial charge in [0.1, 0.15) is 5.82 Å². The number of nitrogens with one attached hydrogen (secondary N) is 1. The Morgan fingerprint density at radius 3 is 2.80 bits per heavy atom. The summed E-state index contributed by atoms with van der Waals surface area (Å²) in [5.41, 5.74) is 2.21. The van der Waals surface area contributed by atoms with Gasteiger partial charge in [-0.1, -0.05) is 6.92 Å². The molecule has 4 heteroatoms. The SMILES string of the molecule is CCC1CNC(C2CC2)CN1c1cc(F)c(Br)cc1C. The second-order valence-electron chi connectivity index (χ2n) is 6.12. The smallest absolute Gasteiger partial charge is 0.139 e. The molecule has 2 unspecified atom stereocenters. The number of hydrogen-bond acceptors (Lipinski definition) is 2. The predicted molar refractivity (Wildman–Crippen MR) is 84.8 cm³/mol. The number of benzene rings is 1. The highest BCUT2D eigenvalue weighted by Crippen LogP contribution is 2.37. The normalized spacial score (nSPS) is 26.9. The van der Waals surface area contributed by atoms with Crippen molar-refractivity contribution in [2.45, 2.75) is 45.2 Å². The molecule has 0 amide bonds. The van der Waals surface area contributed by atoms with Crippen molar-refractivity contribution in [3.8, 4) is 0 Å². The van der Waals surface area contributed by atoms with Crippen LogP contribution in [0.25, 0.3) is 0 Å². The van der Waals surface area contributed by atoms with Crippen molar-refractivity contribution in [2.24, 2.45) is 5.92 Å². The maximum Gasteiger partial charge on any atom is 0.139 e. The van der Waals surface area contributed by atoms with E-state index in [9.17, 15) is 4.39 Å². The van der Waals surface area contributed by atoms with Gasteiger partial charge in [0.15, 0.2) is 0 Å². The first kappa shape index (κ1) is 14.3. The molecule has 1 aliphatic carbocycles. The number of aryl methyl sites for hydroxylation is 1. The zero-order valence-electron chi connectivity index (χ0n) is 12.1. The number of hydrogen-bond donors (Lipinski definition) is 1. The highest BCUT2D eigenvalue weighted by molar-refractivity contribution is 9.10. The minimum atomic E-state index is -0.165. The van der Waals surface area contributed by atoms with Crippen LogP contribution in [0.1, 0.15) is 31.7 Å². The second kappa shape index (κ2) is 5.64. The van der Waals surface area contributed by atoms with Crippen molar-refractivity contribution < 1.29 is 4.39 Å². The van der Waals surface area contributed by atoms with Crippen LogP contribution in [-0.2, 0) is 0 Å². The monoisotopic (exact) mass is 340 g/mol. The van der Waals surface area contributed by atoms with Crippen LogP contribution in [0.4, 0.5) is 10.1 Å². The molecule has 1 heterocycles. The van der Waals surface area contributed by atoms with Gasteiger partial charge in [-0.05, 0) is 65.7 Å². The standard InChI is InChI=1S/C16H22BrFN2/c1-3-12-8-19-15(11-4-5-11)9-20(12)16-7-14(18)13(17)6-10(16)2/h6-7,11-12,15,19H,3-5,8-9H2,1-2H3. The topological polar surface area (TPSA) is 15.3 Å². The molecule has 1 saturated heterocycles. The van der Waals surface area contributed by atoms with Crippen molar-refractivity contribution in [2.75, 3.05) is 18.0 Å². The summed E-state index contributed by atoms with van der Waals surface area (Å²) in [6, 6.07) is 4.62. The van der Waals surface area contributed by atoms with Gasteiger partial charge >= 0.3 is 0 Å². The Kier molecular flexibility index (Phi) is 4.04. The minimum absolute atomic E-state index is 0.165. The Bertz CT molecular complexity index is 501. The Hall–Kier alpha value is -0.610. The van der Waals surface area contributed by atoms with Crippen molar-refractivity contribution in [3.05, 3.63) is 28.0 Å². The molecule has 2 fully saturated rings.